The number of fused-ring (bicyclic) bond motifs is 1. The Hall–Kier alpha value is -3.15. The average molecular weight is 363 g/mol. The molecule has 0 atom stereocenters. The van der Waals surface area contributed by atoms with Crippen LogP contribution >= 0.6 is 0 Å². The first kappa shape index (κ1) is 17.3. The fourth-order valence-electron chi connectivity index (χ4n) is 3.19. The molecule has 1 aromatic carbocycles. The Morgan fingerprint density at radius 3 is 2.93 bits per heavy atom. The summed E-state index contributed by atoms with van der Waals surface area (Å²) in [5, 5.41) is 4.15. The number of rotatable bonds is 4. The standard InChI is InChI=1S/C21H21N3O3/c1-14-5-6-16(10-15(14)2)21(25)24-9-7-20-18(12-24)19(23-27-20)13-26-17-4-3-8-22-11-17/h3-6,8,10-11H,7,9,12-13H2,1-2H3. The number of nitrogens with zero attached hydrogens (tertiary/aromatic N) is 3. The van der Waals surface area contributed by atoms with Gasteiger partial charge in [0.05, 0.1) is 12.7 Å². The van der Waals surface area contributed by atoms with Crippen LogP contribution in [0.4, 0.5) is 0 Å². The number of hydrogen-bond acceptors (Lipinski definition) is 5. The second kappa shape index (κ2) is 7.23. The van der Waals surface area contributed by atoms with Gasteiger partial charge in [0, 0.05) is 30.3 Å². The van der Waals surface area contributed by atoms with E-state index in [4.69, 9.17) is 9.26 Å². The lowest BCUT2D eigenvalue weighted by molar-refractivity contribution is 0.0728. The van der Waals surface area contributed by atoms with Crippen LogP contribution in [0.15, 0.2) is 47.2 Å². The molecule has 1 aliphatic heterocycles. The maximum absolute atomic E-state index is 12.9. The van der Waals surface area contributed by atoms with Crippen LogP contribution in [0.5, 0.6) is 5.75 Å². The van der Waals surface area contributed by atoms with Gasteiger partial charge in [-0.3, -0.25) is 9.78 Å². The van der Waals surface area contributed by atoms with Gasteiger partial charge in [0.1, 0.15) is 23.8 Å². The Morgan fingerprint density at radius 1 is 1.26 bits per heavy atom. The van der Waals surface area contributed by atoms with Gasteiger partial charge in [-0.05, 0) is 49.2 Å². The Balaban J connectivity index is 1.49. The number of carbonyl (C=O) groups excluding carboxylic acids is 1. The van der Waals surface area contributed by atoms with Crippen LogP contribution in [0.1, 0.15) is 38.5 Å². The highest BCUT2D eigenvalue weighted by molar-refractivity contribution is 5.94. The number of pyridine rings is 1. The minimum absolute atomic E-state index is 0.0316. The highest BCUT2D eigenvalue weighted by Gasteiger charge is 2.27. The number of aromatic nitrogens is 2. The van der Waals surface area contributed by atoms with E-state index in [0.717, 1.165) is 22.6 Å². The van der Waals surface area contributed by atoms with Gasteiger partial charge in [0.15, 0.2) is 0 Å². The van der Waals surface area contributed by atoms with Crippen molar-refractivity contribution in [3.8, 4) is 5.75 Å². The second-order valence-electron chi connectivity index (χ2n) is 6.78. The average Bonchev–Trinajstić information content (AvgIpc) is 3.11. The van der Waals surface area contributed by atoms with E-state index in [2.05, 4.69) is 10.1 Å². The van der Waals surface area contributed by atoms with Crippen molar-refractivity contribution in [2.45, 2.75) is 33.4 Å². The van der Waals surface area contributed by atoms with Crippen molar-refractivity contribution in [3.05, 3.63) is 76.4 Å². The van der Waals surface area contributed by atoms with Crippen molar-refractivity contribution in [2.75, 3.05) is 6.54 Å². The van der Waals surface area contributed by atoms with Gasteiger partial charge in [-0.2, -0.15) is 0 Å². The van der Waals surface area contributed by atoms with Crippen LogP contribution in [0, 0.1) is 13.8 Å². The van der Waals surface area contributed by atoms with E-state index in [1.807, 2.05) is 49.1 Å². The molecule has 4 rings (SSSR count). The largest absolute Gasteiger partial charge is 0.486 e. The van der Waals surface area contributed by atoms with E-state index in [-0.39, 0.29) is 12.5 Å². The van der Waals surface area contributed by atoms with Crippen molar-refractivity contribution in [2.24, 2.45) is 0 Å². The molecule has 0 bridgehead atoms. The van der Waals surface area contributed by atoms with Crippen molar-refractivity contribution in [1.82, 2.24) is 15.0 Å². The summed E-state index contributed by atoms with van der Waals surface area (Å²) in [7, 11) is 0. The number of benzene rings is 1. The third-order valence-electron chi connectivity index (χ3n) is 4.96. The van der Waals surface area contributed by atoms with Crippen molar-refractivity contribution in [3.63, 3.8) is 0 Å². The molecule has 6 nitrogen and oxygen atoms in total. The third kappa shape index (κ3) is 3.56. The van der Waals surface area contributed by atoms with Crippen molar-refractivity contribution >= 4 is 5.91 Å². The lowest BCUT2D eigenvalue weighted by Crippen LogP contribution is -2.36. The molecule has 0 unspecified atom stereocenters. The molecule has 0 saturated heterocycles. The summed E-state index contributed by atoms with van der Waals surface area (Å²) in [6.45, 7) is 5.46. The zero-order valence-corrected chi connectivity index (χ0v) is 15.4. The number of hydrogen-bond donors (Lipinski definition) is 0. The predicted octanol–water partition coefficient (Wildman–Crippen LogP) is 3.46. The molecule has 0 radical (unpaired) electrons. The maximum Gasteiger partial charge on any atom is 0.254 e. The summed E-state index contributed by atoms with van der Waals surface area (Å²) in [4.78, 5) is 18.8. The van der Waals surface area contributed by atoms with Crippen LogP contribution in [0.2, 0.25) is 0 Å². The van der Waals surface area contributed by atoms with Crippen LogP contribution in [0.3, 0.4) is 0 Å². The summed E-state index contributed by atoms with van der Waals surface area (Å²) < 4.78 is 11.2. The lowest BCUT2D eigenvalue weighted by atomic mass is 10.0. The molecular weight excluding hydrogens is 342 g/mol. The van der Waals surface area contributed by atoms with Crippen LogP contribution in [-0.2, 0) is 19.6 Å². The second-order valence-corrected chi connectivity index (χ2v) is 6.78. The molecule has 27 heavy (non-hydrogen) atoms. The van der Waals surface area contributed by atoms with E-state index < -0.39 is 0 Å². The molecular formula is C21H21N3O3. The zero-order valence-electron chi connectivity index (χ0n) is 15.4. The summed E-state index contributed by atoms with van der Waals surface area (Å²) in [5.41, 5.74) is 4.69. The van der Waals surface area contributed by atoms with Gasteiger partial charge in [-0.25, -0.2) is 0 Å². The molecule has 6 heteroatoms. The summed E-state index contributed by atoms with van der Waals surface area (Å²) in [5.74, 6) is 1.54. The Morgan fingerprint density at radius 2 is 2.15 bits per heavy atom. The smallest absolute Gasteiger partial charge is 0.254 e. The Bertz CT molecular complexity index is 966. The zero-order chi connectivity index (χ0) is 18.8. The molecule has 3 aromatic rings. The monoisotopic (exact) mass is 363 g/mol. The highest BCUT2D eigenvalue weighted by Crippen LogP contribution is 2.25. The van der Waals surface area contributed by atoms with Gasteiger partial charge < -0.3 is 14.2 Å². The topological polar surface area (TPSA) is 68.5 Å². The number of ether oxygens (including phenoxy) is 1. The van der Waals surface area contributed by atoms with Crippen LogP contribution < -0.4 is 4.74 Å². The van der Waals surface area contributed by atoms with Gasteiger partial charge >= 0.3 is 0 Å². The molecule has 0 aliphatic carbocycles. The summed E-state index contributed by atoms with van der Waals surface area (Å²) in [6, 6.07) is 9.49. The molecule has 1 amide bonds. The van der Waals surface area contributed by atoms with Gasteiger partial charge in [-0.1, -0.05) is 11.2 Å². The van der Waals surface area contributed by atoms with E-state index >= 15 is 0 Å². The summed E-state index contributed by atoms with van der Waals surface area (Å²) >= 11 is 0. The fourth-order valence-corrected chi connectivity index (χ4v) is 3.19. The molecule has 0 spiro atoms. The van der Waals surface area contributed by atoms with Gasteiger partial charge in [0.2, 0.25) is 0 Å². The molecule has 3 heterocycles. The number of amides is 1. The molecule has 138 valence electrons. The SMILES string of the molecule is Cc1ccc(C(=O)N2CCc3onc(COc4cccnc4)c3C2)cc1C. The van der Waals surface area contributed by atoms with Crippen molar-refractivity contribution < 1.29 is 14.1 Å². The molecule has 1 aliphatic rings. The van der Waals surface area contributed by atoms with Crippen LogP contribution in [-0.4, -0.2) is 27.5 Å². The predicted molar refractivity (Wildman–Crippen MR) is 99.4 cm³/mol. The molecule has 0 N–H and O–H groups in total. The van der Waals surface area contributed by atoms with Crippen LogP contribution in [0.25, 0.3) is 0 Å². The maximum atomic E-state index is 12.9. The van der Waals surface area contributed by atoms with E-state index in [0.29, 0.717) is 30.8 Å². The first-order chi connectivity index (χ1) is 13.1. The number of carbonyl (C=O) groups is 1. The van der Waals surface area contributed by atoms with E-state index in [9.17, 15) is 4.79 Å². The quantitative estimate of drug-likeness (QED) is 0.710. The molecule has 0 fully saturated rings. The first-order valence-corrected chi connectivity index (χ1v) is 8.97. The first-order valence-electron chi connectivity index (χ1n) is 8.97. The minimum atomic E-state index is 0.0316. The summed E-state index contributed by atoms with van der Waals surface area (Å²) in [6.07, 6.45) is 4.01. The highest BCUT2D eigenvalue weighted by atomic mass is 16.5. The Labute approximate surface area is 157 Å². The van der Waals surface area contributed by atoms with Crippen molar-refractivity contribution in [1.29, 1.82) is 0 Å². The molecule has 0 saturated carbocycles. The Kier molecular flexibility index (Phi) is 4.62. The van der Waals surface area contributed by atoms with E-state index in [1.165, 1.54) is 5.56 Å². The third-order valence-corrected chi connectivity index (χ3v) is 4.96. The normalized spacial score (nSPS) is 13.3. The molecule has 2 aromatic heterocycles. The minimum Gasteiger partial charge on any atom is -0.486 e. The fraction of sp³-hybridized carbons (Fsp3) is 0.286. The lowest BCUT2D eigenvalue weighted by Gasteiger charge is -2.26. The van der Waals surface area contributed by atoms with E-state index in [1.54, 1.807) is 12.4 Å². The van der Waals surface area contributed by atoms with Gasteiger partial charge in [0.25, 0.3) is 5.91 Å². The van der Waals surface area contributed by atoms with Gasteiger partial charge in [-0.15, -0.1) is 0 Å². The number of aryl methyl sites for hydroxylation is 2.